The molecule has 0 radical (unpaired) electrons. The van der Waals surface area contributed by atoms with Gasteiger partial charge in [0.25, 0.3) is 0 Å². The van der Waals surface area contributed by atoms with Crippen LogP contribution in [-0.4, -0.2) is 11.9 Å². The Balaban J connectivity index is 2.92. The van der Waals surface area contributed by atoms with E-state index in [1.54, 1.807) is 13.0 Å². The number of carbonyl (C=O) groups excluding carboxylic acids is 1. The molecule has 0 aromatic heterocycles. The summed E-state index contributed by atoms with van der Waals surface area (Å²) in [6, 6.07) is 2.25. The number of hydrogen-bond donors (Lipinski definition) is 2. The predicted molar refractivity (Wildman–Crippen MR) is 74.9 cm³/mol. The minimum atomic E-state index is -0.649. The third kappa shape index (κ3) is 3.53. The summed E-state index contributed by atoms with van der Waals surface area (Å²) in [7, 11) is 0. The maximum atomic E-state index is 13.4. The number of hydrogen-bond acceptors (Lipinski definition) is 2. The van der Waals surface area contributed by atoms with Crippen LogP contribution in [0.5, 0.6) is 0 Å². The summed E-state index contributed by atoms with van der Waals surface area (Å²) < 4.78 is 13.8. The van der Waals surface area contributed by atoms with Crippen molar-refractivity contribution in [3.05, 3.63) is 28.0 Å². The molecule has 1 atom stereocenters. The Hall–Kier alpha value is -0.940. The molecule has 0 fully saturated rings. The van der Waals surface area contributed by atoms with Crippen LogP contribution < -0.4 is 11.1 Å². The fourth-order valence-corrected chi connectivity index (χ4v) is 1.84. The van der Waals surface area contributed by atoms with Gasteiger partial charge in [-0.15, -0.1) is 0 Å². The SMILES string of the molecule is Cc1cc(Br)c(F)cc1NC(=O)C(N)C(C)(C)C. The zero-order valence-corrected chi connectivity index (χ0v) is 12.6. The molecule has 1 rings (SSSR count). The molecular weight excluding hydrogens is 299 g/mol. The molecular formula is C13H18BrFN2O. The van der Waals surface area contributed by atoms with Crippen LogP contribution in [0.15, 0.2) is 16.6 Å². The van der Waals surface area contributed by atoms with Gasteiger partial charge in [0.05, 0.1) is 10.5 Å². The van der Waals surface area contributed by atoms with E-state index in [2.05, 4.69) is 21.2 Å². The Bertz CT molecular complexity index is 469. The molecule has 1 aromatic carbocycles. The average Bonchev–Trinajstić information content (AvgIpc) is 2.23. The topological polar surface area (TPSA) is 55.1 Å². The number of anilines is 1. The van der Waals surface area contributed by atoms with E-state index in [-0.39, 0.29) is 11.3 Å². The highest BCUT2D eigenvalue weighted by Crippen LogP contribution is 2.25. The molecule has 0 aliphatic carbocycles. The largest absolute Gasteiger partial charge is 0.324 e. The van der Waals surface area contributed by atoms with E-state index in [4.69, 9.17) is 5.73 Å². The number of aryl methyl sites for hydroxylation is 1. The monoisotopic (exact) mass is 316 g/mol. The van der Waals surface area contributed by atoms with Crippen LogP contribution in [0.2, 0.25) is 0 Å². The Kier molecular flexibility index (Phi) is 4.50. The molecule has 0 saturated carbocycles. The number of nitrogens with two attached hydrogens (primary N) is 1. The van der Waals surface area contributed by atoms with Crippen molar-refractivity contribution in [2.24, 2.45) is 11.1 Å². The highest BCUT2D eigenvalue weighted by molar-refractivity contribution is 9.10. The van der Waals surface area contributed by atoms with Crippen molar-refractivity contribution in [3.63, 3.8) is 0 Å². The summed E-state index contributed by atoms with van der Waals surface area (Å²) >= 11 is 3.09. The maximum Gasteiger partial charge on any atom is 0.241 e. The summed E-state index contributed by atoms with van der Waals surface area (Å²) in [6.45, 7) is 7.44. The van der Waals surface area contributed by atoms with E-state index in [0.717, 1.165) is 5.56 Å². The molecule has 18 heavy (non-hydrogen) atoms. The fourth-order valence-electron chi connectivity index (χ4n) is 1.38. The van der Waals surface area contributed by atoms with Crippen LogP contribution in [0.4, 0.5) is 10.1 Å². The summed E-state index contributed by atoms with van der Waals surface area (Å²) in [6.07, 6.45) is 0. The van der Waals surface area contributed by atoms with Gasteiger partial charge in [-0.05, 0) is 46.0 Å². The van der Waals surface area contributed by atoms with E-state index in [9.17, 15) is 9.18 Å². The van der Waals surface area contributed by atoms with Crippen molar-refractivity contribution < 1.29 is 9.18 Å². The zero-order valence-electron chi connectivity index (χ0n) is 11.0. The molecule has 3 N–H and O–H groups in total. The van der Waals surface area contributed by atoms with Gasteiger partial charge in [-0.3, -0.25) is 4.79 Å². The molecule has 3 nitrogen and oxygen atoms in total. The molecule has 0 aliphatic rings. The summed E-state index contributed by atoms with van der Waals surface area (Å²) in [5.41, 5.74) is 6.72. The van der Waals surface area contributed by atoms with Crippen molar-refractivity contribution in [3.8, 4) is 0 Å². The number of rotatable bonds is 2. The minimum absolute atomic E-state index is 0.313. The molecule has 1 unspecified atom stereocenters. The van der Waals surface area contributed by atoms with Gasteiger partial charge in [0.15, 0.2) is 0 Å². The van der Waals surface area contributed by atoms with Gasteiger partial charge in [-0.25, -0.2) is 4.39 Å². The second-order valence-corrected chi connectivity index (χ2v) is 6.27. The first-order valence-corrected chi connectivity index (χ1v) is 6.44. The lowest BCUT2D eigenvalue weighted by atomic mass is 9.87. The molecule has 0 aliphatic heterocycles. The number of carbonyl (C=O) groups is 1. The first kappa shape index (κ1) is 15.1. The summed E-state index contributed by atoms with van der Waals surface area (Å²) in [5.74, 6) is -0.729. The van der Waals surface area contributed by atoms with Crippen molar-refractivity contribution in [2.75, 3.05) is 5.32 Å². The van der Waals surface area contributed by atoms with Gasteiger partial charge in [0.1, 0.15) is 5.82 Å². The molecule has 0 bridgehead atoms. The number of halogens is 2. The summed E-state index contributed by atoms with van der Waals surface area (Å²) in [5, 5.41) is 2.66. The van der Waals surface area contributed by atoms with Crippen LogP contribution in [-0.2, 0) is 4.79 Å². The highest BCUT2D eigenvalue weighted by atomic mass is 79.9. The molecule has 100 valence electrons. The Labute approximate surface area is 115 Å². The minimum Gasteiger partial charge on any atom is -0.324 e. The standard InChI is InChI=1S/C13H18BrFN2O/c1-7-5-8(14)9(15)6-10(7)17-12(18)11(16)13(2,3)4/h5-6,11H,16H2,1-4H3,(H,17,18). The van der Waals surface area contributed by atoms with Crippen LogP contribution in [0, 0.1) is 18.2 Å². The molecule has 1 aromatic rings. The maximum absolute atomic E-state index is 13.4. The average molecular weight is 317 g/mol. The quantitative estimate of drug-likeness (QED) is 0.880. The number of nitrogens with one attached hydrogen (secondary N) is 1. The van der Waals surface area contributed by atoms with Gasteiger partial charge >= 0.3 is 0 Å². The van der Waals surface area contributed by atoms with Crippen molar-refractivity contribution in [1.82, 2.24) is 0 Å². The molecule has 0 saturated heterocycles. The van der Waals surface area contributed by atoms with E-state index >= 15 is 0 Å². The number of amides is 1. The van der Waals surface area contributed by atoms with Gasteiger partial charge in [0.2, 0.25) is 5.91 Å². The molecule has 0 heterocycles. The van der Waals surface area contributed by atoms with Crippen LogP contribution >= 0.6 is 15.9 Å². The van der Waals surface area contributed by atoms with Gasteiger partial charge < -0.3 is 11.1 Å². The van der Waals surface area contributed by atoms with E-state index in [0.29, 0.717) is 10.2 Å². The Morgan fingerprint density at radius 2 is 2.00 bits per heavy atom. The lowest BCUT2D eigenvalue weighted by molar-refractivity contribution is -0.119. The van der Waals surface area contributed by atoms with Crippen LogP contribution in [0.25, 0.3) is 0 Å². The van der Waals surface area contributed by atoms with Crippen molar-refractivity contribution >= 4 is 27.5 Å². The van der Waals surface area contributed by atoms with Crippen LogP contribution in [0.3, 0.4) is 0 Å². The third-order valence-corrected chi connectivity index (χ3v) is 3.35. The van der Waals surface area contributed by atoms with Crippen LogP contribution in [0.1, 0.15) is 26.3 Å². The third-order valence-electron chi connectivity index (χ3n) is 2.74. The second kappa shape index (κ2) is 5.36. The number of benzene rings is 1. The smallest absolute Gasteiger partial charge is 0.241 e. The van der Waals surface area contributed by atoms with Crippen molar-refractivity contribution in [1.29, 1.82) is 0 Å². The normalized spacial score (nSPS) is 13.3. The first-order valence-electron chi connectivity index (χ1n) is 5.65. The molecule has 0 spiro atoms. The molecule has 1 amide bonds. The fraction of sp³-hybridized carbons (Fsp3) is 0.462. The van der Waals surface area contributed by atoms with Gasteiger partial charge in [-0.1, -0.05) is 20.8 Å². The Morgan fingerprint density at radius 1 is 1.44 bits per heavy atom. The van der Waals surface area contributed by atoms with Gasteiger partial charge in [-0.2, -0.15) is 0 Å². The first-order chi connectivity index (χ1) is 8.12. The zero-order chi connectivity index (χ0) is 14.1. The van der Waals surface area contributed by atoms with E-state index < -0.39 is 11.9 Å². The van der Waals surface area contributed by atoms with E-state index in [1.807, 2.05) is 20.8 Å². The highest BCUT2D eigenvalue weighted by Gasteiger charge is 2.27. The predicted octanol–water partition coefficient (Wildman–Crippen LogP) is 3.21. The summed E-state index contributed by atoms with van der Waals surface area (Å²) in [4.78, 5) is 11.9. The Morgan fingerprint density at radius 3 is 2.50 bits per heavy atom. The second-order valence-electron chi connectivity index (χ2n) is 5.41. The van der Waals surface area contributed by atoms with Gasteiger partial charge in [0, 0.05) is 5.69 Å². The lowest BCUT2D eigenvalue weighted by Gasteiger charge is -2.26. The van der Waals surface area contributed by atoms with E-state index in [1.165, 1.54) is 6.07 Å². The van der Waals surface area contributed by atoms with Crippen molar-refractivity contribution in [2.45, 2.75) is 33.7 Å². The molecule has 5 heteroatoms. The lowest BCUT2D eigenvalue weighted by Crippen LogP contribution is -2.45.